The Morgan fingerprint density at radius 3 is 2.83 bits per heavy atom. The molecular formula is C9H8FIO. The molecule has 1 aliphatic rings. The summed E-state index contributed by atoms with van der Waals surface area (Å²) in [6.07, 6.45) is 2.54. The smallest absolute Gasteiger partial charge is 0.135 e. The van der Waals surface area contributed by atoms with Crippen molar-refractivity contribution < 1.29 is 9.13 Å². The number of benzene rings is 1. The van der Waals surface area contributed by atoms with Crippen molar-refractivity contribution in [2.24, 2.45) is 0 Å². The molecule has 12 heavy (non-hydrogen) atoms. The first-order valence-electron chi connectivity index (χ1n) is 3.87. The van der Waals surface area contributed by atoms with Gasteiger partial charge in [-0.25, -0.2) is 4.39 Å². The molecule has 0 N–H and O–H groups in total. The van der Waals surface area contributed by atoms with Gasteiger partial charge in [-0.05, 0) is 47.6 Å². The number of ether oxygens (including phenoxy) is 1. The first kappa shape index (κ1) is 8.29. The van der Waals surface area contributed by atoms with Gasteiger partial charge in [-0.2, -0.15) is 0 Å². The van der Waals surface area contributed by atoms with Crippen LogP contribution in [-0.4, -0.2) is 6.10 Å². The van der Waals surface area contributed by atoms with Gasteiger partial charge >= 0.3 is 0 Å². The molecule has 1 aromatic carbocycles. The Bertz CT molecular complexity index is 297. The molecule has 1 nitrogen and oxygen atoms in total. The van der Waals surface area contributed by atoms with E-state index < -0.39 is 0 Å². The van der Waals surface area contributed by atoms with Crippen LogP contribution in [0.25, 0.3) is 0 Å². The summed E-state index contributed by atoms with van der Waals surface area (Å²) in [5, 5.41) is 0. The minimum atomic E-state index is -0.230. The fourth-order valence-electron chi connectivity index (χ4n) is 0.933. The zero-order valence-electron chi connectivity index (χ0n) is 6.39. The summed E-state index contributed by atoms with van der Waals surface area (Å²) in [5.74, 6) is 0.448. The van der Waals surface area contributed by atoms with Crippen LogP contribution in [0.2, 0.25) is 0 Å². The summed E-state index contributed by atoms with van der Waals surface area (Å²) in [6.45, 7) is 0. The van der Waals surface area contributed by atoms with Gasteiger partial charge < -0.3 is 4.74 Å². The van der Waals surface area contributed by atoms with Crippen molar-refractivity contribution in [3.8, 4) is 5.75 Å². The van der Waals surface area contributed by atoms with Gasteiger partial charge in [0, 0.05) is 6.07 Å². The van der Waals surface area contributed by atoms with Crippen molar-refractivity contribution in [2.75, 3.05) is 0 Å². The molecule has 1 aliphatic carbocycles. The molecule has 0 atom stereocenters. The molecule has 0 aliphatic heterocycles. The second-order valence-electron chi connectivity index (χ2n) is 2.89. The molecule has 0 amide bonds. The van der Waals surface area contributed by atoms with Crippen molar-refractivity contribution in [2.45, 2.75) is 18.9 Å². The van der Waals surface area contributed by atoms with Gasteiger partial charge in [0.15, 0.2) is 0 Å². The highest BCUT2D eigenvalue weighted by Gasteiger charge is 2.24. The third-order valence-electron chi connectivity index (χ3n) is 1.71. The molecule has 0 unspecified atom stereocenters. The second kappa shape index (κ2) is 3.20. The average molecular weight is 278 g/mol. The molecular weight excluding hydrogens is 270 g/mol. The van der Waals surface area contributed by atoms with Crippen molar-refractivity contribution in [3.63, 3.8) is 0 Å². The Labute approximate surface area is 84.1 Å². The van der Waals surface area contributed by atoms with Crippen LogP contribution in [0.15, 0.2) is 18.2 Å². The summed E-state index contributed by atoms with van der Waals surface area (Å²) in [4.78, 5) is 0. The average Bonchev–Trinajstić information content (AvgIpc) is 2.81. The number of hydrogen-bond donors (Lipinski definition) is 0. The molecule has 0 radical (unpaired) electrons. The third-order valence-corrected chi connectivity index (χ3v) is 2.60. The lowest BCUT2D eigenvalue weighted by Gasteiger charge is -2.05. The summed E-state index contributed by atoms with van der Waals surface area (Å²) >= 11 is 2.15. The number of halogens is 2. The van der Waals surface area contributed by atoms with E-state index >= 15 is 0 Å². The number of rotatable bonds is 2. The zero-order chi connectivity index (χ0) is 8.55. The van der Waals surface area contributed by atoms with E-state index in [1.165, 1.54) is 12.1 Å². The van der Waals surface area contributed by atoms with Crippen LogP contribution >= 0.6 is 22.6 Å². The highest BCUT2D eigenvalue weighted by molar-refractivity contribution is 14.1. The molecule has 1 fully saturated rings. The Morgan fingerprint density at radius 1 is 1.42 bits per heavy atom. The van der Waals surface area contributed by atoms with Crippen LogP contribution in [0.4, 0.5) is 4.39 Å². The largest absolute Gasteiger partial charge is 0.489 e. The van der Waals surface area contributed by atoms with E-state index in [-0.39, 0.29) is 5.82 Å². The standard InChI is InChI=1S/C9H8FIO/c10-6-1-4-8(11)9(5-6)12-7-2-3-7/h1,4-5,7H,2-3H2. The maximum atomic E-state index is 12.7. The number of hydrogen-bond acceptors (Lipinski definition) is 1. The highest BCUT2D eigenvalue weighted by Crippen LogP contribution is 2.30. The van der Waals surface area contributed by atoms with Crippen LogP contribution in [0.3, 0.4) is 0 Å². The van der Waals surface area contributed by atoms with Gasteiger partial charge in [0.2, 0.25) is 0 Å². The van der Waals surface area contributed by atoms with E-state index in [0.29, 0.717) is 11.9 Å². The predicted octanol–water partition coefficient (Wildman–Crippen LogP) is 2.97. The van der Waals surface area contributed by atoms with Crippen LogP contribution in [-0.2, 0) is 0 Å². The van der Waals surface area contributed by atoms with E-state index in [0.717, 1.165) is 16.4 Å². The lowest BCUT2D eigenvalue weighted by atomic mass is 10.3. The van der Waals surface area contributed by atoms with Crippen LogP contribution in [0.5, 0.6) is 5.75 Å². The highest BCUT2D eigenvalue weighted by atomic mass is 127. The normalized spacial score (nSPS) is 16.2. The van der Waals surface area contributed by atoms with Gasteiger partial charge in [0.1, 0.15) is 11.6 Å². The lowest BCUT2D eigenvalue weighted by molar-refractivity contribution is 0.299. The maximum absolute atomic E-state index is 12.7. The van der Waals surface area contributed by atoms with Gasteiger partial charge in [-0.15, -0.1) is 0 Å². The van der Waals surface area contributed by atoms with Crippen LogP contribution in [0, 0.1) is 9.39 Å². The molecule has 64 valence electrons. The van der Waals surface area contributed by atoms with E-state index in [9.17, 15) is 4.39 Å². The van der Waals surface area contributed by atoms with Gasteiger partial charge in [0.05, 0.1) is 9.67 Å². The summed E-state index contributed by atoms with van der Waals surface area (Å²) in [7, 11) is 0. The molecule has 2 rings (SSSR count). The predicted molar refractivity (Wildman–Crippen MR) is 52.8 cm³/mol. The molecule has 0 spiro atoms. The second-order valence-corrected chi connectivity index (χ2v) is 4.05. The molecule has 0 saturated heterocycles. The Hall–Kier alpha value is -0.320. The zero-order valence-corrected chi connectivity index (χ0v) is 8.55. The summed E-state index contributed by atoms with van der Waals surface area (Å²) < 4.78 is 19.2. The first-order chi connectivity index (χ1) is 5.75. The Kier molecular flexibility index (Phi) is 2.21. The topological polar surface area (TPSA) is 9.23 Å². The molecule has 1 saturated carbocycles. The van der Waals surface area contributed by atoms with Crippen LogP contribution < -0.4 is 4.74 Å². The molecule has 3 heteroatoms. The maximum Gasteiger partial charge on any atom is 0.135 e. The fraction of sp³-hybridized carbons (Fsp3) is 0.333. The van der Waals surface area contributed by atoms with Gasteiger partial charge in [-0.3, -0.25) is 0 Å². The molecule has 0 heterocycles. The summed E-state index contributed by atoms with van der Waals surface area (Å²) in [6, 6.07) is 4.62. The molecule has 1 aromatic rings. The Balaban J connectivity index is 2.21. The van der Waals surface area contributed by atoms with E-state index in [1.54, 1.807) is 6.07 Å². The molecule has 0 aromatic heterocycles. The lowest BCUT2D eigenvalue weighted by Crippen LogP contribution is -1.97. The third kappa shape index (κ3) is 1.88. The minimum Gasteiger partial charge on any atom is -0.489 e. The van der Waals surface area contributed by atoms with Crippen molar-refractivity contribution in [1.29, 1.82) is 0 Å². The van der Waals surface area contributed by atoms with Crippen molar-refractivity contribution in [1.82, 2.24) is 0 Å². The van der Waals surface area contributed by atoms with Gasteiger partial charge in [0.25, 0.3) is 0 Å². The van der Waals surface area contributed by atoms with Crippen molar-refractivity contribution >= 4 is 22.6 Å². The van der Waals surface area contributed by atoms with E-state index in [4.69, 9.17) is 4.74 Å². The Morgan fingerprint density at radius 2 is 2.17 bits per heavy atom. The van der Waals surface area contributed by atoms with E-state index in [2.05, 4.69) is 22.6 Å². The SMILES string of the molecule is Fc1ccc(I)c(OC2CC2)c1. The fourth-order valence-corrected chi connectivity index (χ4v) is 1.40. The summed E-state index contributed by atoms with van der Waals surface area (Å²) in [5.41, 5.74) is 0. The van der Waals surface area contributed by atoms with Crippen molar-refractivity contribution in [3.05, 3.63) is 27.6 Å². The monoisotopic (exact) mass is 278 g/mol. The first-order valence-corrected chi connectivity index (χ1v) is 4.95. The molecule has 0 bridgehead atoms. The quantitative estimate of drug-likeness (QED) is 0.756. The van der Waals surface area contributed by atoms with Crippen LogP contribution in [0.1, 0.15) is 12.8 Å². The van der Waals surface area contributed by atoms with Gasteiger partial charge in [-0.1, -0.05) is 0 Å². The minimum absolute atomic E-state index is 0.230. The van der Waals surface area contributed by atoms with E-state index in [1.807, 2.05) is 0 Å².